The third-order valence-electron chi connectivity index (χ3n) is 3.75. The van der Waals surface area contributed by atoms with Gasteiger partial charge in [0.15, 0.2) is 0 Å². The number of nitrogens with zero attached hydrogens (tertiary/aromatic N) is 1. The number of piperidine rings is 1. The number of carbonyl (C=O) groups is 1. The van der Waals surface area contributed by atoms with Crippen LogP contribution >= 0.6 is 11.6 Å². The molecule has 0 saturated carbocycles. The van der Waals surface area contributed by atoms with Gasteiger partial charge >= 0.3 is 5.97 Å². The van der Waals surface area contributed by atoms with E-state index in [0.717, 1.165) is 36.6 Å². The molecular weight excluding hydrogens is 276 g/mol. The van der Waals surface area contributed by atoms with Crippen LogP contribution in [0.5, 0.6) is 0 Å². The van der Waals surface area contributed by atoms with Crippen LogP contribution in [0.1, 0.15) is 19.3 Å². The third-order valence-corrected chi connectivity index (χ3v) is 4.00. The Labute approximate surface area is 124 Å². The molecule has 0 radical (unpaired) electrons. The zero-order chi connectivity index (χ0) is 14.5. The van der Waals surface area contributed by atoms with Gasteiger partial charge in [0, 0.05) is 36.3 Å². The number of ether oxygens (including phenoxy) is 1. The molecule has 2 atom stereocenters. The summed E-state index contributed by atoms with van der Waals surface area (Å²) in [6, 6.07) is 7.94. The maximum Gasteiger partial charge on any atom is 0.305 e. The topological polar surface area (TPSA) is 55.6 Å². The van der Waals surface area contributed by atoms with Crippen LogP contribution in [0.15, 0.2) is 24.3 Å². The molecule has 1 fully saturated rings. The van der Waals surface area contributed by atoms with Gasteiger partial charge in [-0.25, -0.2) is 0 Å². The molecule has 110 valence electrons. The Kier molecular flexibility index (Phi) is 5.26. The molecule has 4 nitrogen and oxygen atoms in total. The van der Waals surface area contributed by atoms with Crippen LogP contribution in [0, 0.1) is 5.92 Å². The lowest BCUT2D eigenvalue weighted by Crippen LogP contribution is -2.47. The van der Waals surface area contributed by atoms with Crippen molar-refractivity contribution in [1.29, 1.82) is 0 Å². The van der Waals surface area contributed by atoms with Crippen molar-refractivity contribution in [3.63, 3.8) is 0 Å². The summed E-state index contributed by atoms with van der Waals surface area (Å²) in [5, 5.41) is 0.734. The summed E-state index contributed by atoms with van der Waals surface area (Å²) in [5.41, 5.74) is 7.27. The van der Waals surface area contributed by atoms with E-state index < -0.39 is 0 Å². The highest BCUT2D eigenvalue weighted by molar-refractivity contribution is 6.30. The number of hydrogen-bond donors (Lipinski definition) is 1. The first kappa shape index (κ1) is 15.1. The van der Waals surface area contributed by atoms with Crippen LogP contribution in [0.25, 0.3) is 0 Å². The molecule has 2 unspecified atom stereocenters. The minimum atomic E-state index is -0.151. The number of benzene rings is 1. The van der Waals surface area contributed by atoms with Crippen LogP contribution in [-0.2, 0) is 9.53 Å². The molecule has 1 heterocycles. The number of hydrogen-bond acceptors (Lipinski definition) is 4. The summed E-state index contributed by atoms with van der Waals surface area (Å²) in [7, 11) is 1.43. The monoisotopic (exact) mass is 296 g/mol. The van der Waals surface area contributed by atoms with Gasteiger partial charge in [-0.15, -0.1) is 0 Å². The Bertz CT molecular complexity index is 450. The van der Waals surface area contributed by atoms with Gasteiger partial charge in [-0.1, -0.05) is 11.6 Å². The summed E-state index contributed by atoms with van der Waals surface area (Å²) in [6.07, 6.45) is 2.24. The maximum absolute atomic E-state index is 11.2. The smallest absolute Gasteiger partial charge is 0.305 e. The fraction of sp³-hybridized carbons (Fsp3) is 0.533. The standard InChI is InChI=1S/C15H21ClN2O2/c1-20-15(19)7-2-11-8-13(17)10-18(9-11)14-5-3-12(16)4-6-14/h3-6,11,13H,2,7-10,17H2,1H3. The van der Waals surface area contributed by atoms with Crippen LogP contribution < -0.4 is 10.6 Å². The quantitative estimate of drug-likeness (QED) is 0.867. The van der Waals surface area contributed by atoms with E-state index in [1.807, 2.05) is 24.3 Å². The number of esters is 1. The average molecular weight is 297 g/mol. The second-order valence-corrected chi connectivity index (χ2v) is 5.79. The fourth-order valence-corrected chi connectivity index (χ4v) is 2.87. The summed E-state index contributed by atoms with van der Waals surface area (Å²) in [5.74, 6) is 0.274. The van der Waals surface area contributed by atoms with Crippen LogP contribution in [-0.4, -0.2) is 32.2 Å². The molecule has 1 aromatic carbocycles. The summed E-state index contributed by atoms with van der Waals surface area (Å²) in [6.45, 7) is 1.77. The highest BCUT2D eigenvalue weighted by atomic mass is 35.5. The highest BCUT2D eigenvalue weighted by Gasteiger charge is 2.25. The van der Waals surface area contributed by atoms with Crippen LogP contribution in [0.4, 0.5) is 5.69 Å². The van der Waals surface area contributed by atoms with Crippen molar-refractivity contribution in [2.45, 2.75) is 25.3 Å². The largest absolute Gasteiger partial charge is 0.469 e. The first-order chi connectivity index (χ1) is 9.58. The number of rotatable bonds is 4. The molecule has 1 saturated heterocycles. The summed E-state index contributed by atoms with van der Waals surface area (Å²) in [4.78, 5) is 13.5. The highest BCUT2D eigenvalue weighted by Crippen LogP contribution is 2.26. The average Bonchev–Trinajstić information content (AvgIpc) is 2.45. The third kappa shape index (κ3) is 4.12. The number of anilines is 1. The fourth-order valence-electron chi connectivity index (χ4n) is 2.74. The Morgan fingerprint density at radius 2 is 2.10 bits per heavy atom. The molecule has 0 aromatic heterocycles. The Hall–Kier alpha value is -1.26. The number of halogens is 1. The van der Waals surface area contributed by atoms with E-state index in [1.165, 1.54) is 7.11 Å². The molecule has 0 aliphatic carbocycles. The maximum atomic E-state index is 11.2. The zero-order valence-corrected chi connectivity index (χ0v) is 12.5. The predicted octanol–water partition coefficient (Wildman–Crippen LogP) is 2.45. The van der Waals surface area contributed by atoms with Crippen molar-refractivity contribution >= 4 is 23.3 Å². The van der Waals surface area contributed by atoms with Gasteiger partial charge in [0.1, 0.15) is 0 Å². The Morgan fingerprint density at radius 1 is 1.40 bits per heavy atom. The second-order valence-electron chi connectivity index (χ2n) is 5.36. The molecule has 0 amide bonds. The van der Waals surface area contributed by atoms with Gasteiger partial charge in [-0.3, -0.25) is 4.79 Å². The summed E-state index contributed by atoms with van der Waals surface area (Å²) < 4.78 is 4.69. The molecule has 1 aliphatic heterocycles. The van der Waals surface area contributed by atoms with Crippen molar-refractivity contribution in [3.05, 3.63) is 29.3 Å². The van der Waals surface area contributed by atoms with Crippen LogP contribution in [0.3, 0.4) is 0 Å². The summed E-state index contributed by atoms with van der Waals surface area (Å²) >= 11 is 5.91. The lowest BCUT2D eigenvalue weighted by Gasteiger charge is -2.37. The molecule has 2 N–H and O–H groups in total. The van der Waals surface area contributed by atoms with Gasteiger partial charge in [0.25, 0.3) is 0 Å². The van der Waals surface area contributed by atoms with Gasteiger partial charge in [0.2, 0.25) is 0 Å². The number of carbonyl (C=O) groups excluding carboxylic acids is 1. The predicted molar refractivity (Wildman–Crippen MR) is 81.0 cm³/mol. The SMILES string of the molecule is COC(=O)CCC1CC(N)CN(c2ccc(Cl)cc2)C1. The Morgan fingerprint density at radius 3 is 2.75 bits per heavy atom. The molecule has 2 rings (SSSR count). The molecule has 0 bridgehead atoms. The number of nitrogens with two attached hydrogens (primary N) is 1. The Balaban J connectivity index is 1.97. The van der Waals surface area contributed by atoms with Crippen molar-refractivity contribution < 1.29 is 9.53 Å². The van der Waals surface area contributed by atoms with E-state index in [0.29, 0.717) is 12.3 Å². The minimum Gasteiger partial charge on any atom is -0.469 e. The van der Waals surface area contributed by atoms with Gasteiger partial charge in [0.05, 0.1) is 7.11 Å². The van der Waals surface area contributed by atoms with E-state index in [9.17, 15) is 4.79 Å². The van der Waals surface area contributed by atoms with E-state index in [4.69, 9.17) is 22.1 Å². The second kappa shape index (κ2) is 6.95. The lowest BCUT2D eigenvalue weighted by atomic mass is 9.90. The first-order valence-electron chi connectivity index (χ1n) is 6.91. The molecule has 1 aromatic rings. The van der Waals surface area contributed by atoms with E-state index in [-0.39, 0.29) is 12.0 Å². The van der Waals surface area contributed by atoms with Crippen molar-refractivity contribution in [2.24, 2.45) is 11.7 Å². The lowest BCUT2D eigenvalue weighted by molar-refractivity contribution is -0.140. The van der Waals surface area contributed by atoms with E-state index in [2.05, 4.69) is 4.90 Å². The molecule has 0 spiro atoms. The molecule has 20 heavy (non-hydrogen) atoms. The molecule has 1 aliphatic rings. The van der Waals surface area contributed by atoms with Gasteiger partial charge in [-0.05, 0) is 43.0 Å². The van der Waals surface area contributed by atoms with Crippen molar-refractivity contribution in [3.8, 4) is 0 Å². The number of methoxy groups -OCH3 is 1. The molecule has 5 heteroatoms. The van der Waals surface area contributed by atoms with Crippen LogP contribution in [0.2, 0.25) is 5.02 Å². The van der Waals surface area contributed by atoms with Gasteiger partial charge in [-0.2, -0.15) is 0 Å². The van der Waals surface area contributed by atoms with E-state index in [1.54, 1.807) is 0 Å². The zero-order valence-electron chi connectivity index (χ0n) is 11.7. The molecular formula is C15H21ClN2O2. The van der Waals surface area contributed by atoms with Crippen molar-refractivity contribution in [1.82, 2.24) is 0 Å². The van der Waals surface area contributed by atoms with E-state index >= 15 is 0 Å². The first-order valence-corrected chi connectivity index (χ1v) is 7.29. The minimum absolute atomic E-state index is 0.141. The normalized spacial score (nSPS) is 22.6. The van der Waals surface area contributed by atoms with Crippen molar-refractivity contribution in [2.75, 3.05) is 25.1 Å². The van der Waals surface area contributed by atoms with Gasteiger partial charge < -0.3 is 15.4 Å².